The summed E-state index contributed by atoms with van der Waals surface area (Å²) < 4.78 is 27.2. The second kappa shape index (κ2) is 10.0. The number of hydrogen-bond acceptors (Lipinski definition) is 4. The Morgan fingerprint density at radius 1 is 1.27 bits per heavy atom. The first kappa shape index (κ1) is 19.2. The van der Waals surface area contributed by atoms with Crippen molar-refractivity contribution in [3.05, 3.63) is 16.5 Å². The van der Waals surface area contributed by atoms with Crippen LogP contribution in [0, 0.1) is 0 Å². The number of thiophene rings is 1. The van der Waals surface area contributed by atoms with Crippen LogP contribution in [0.3, 0.4) is 0 Å². The van der Waals surface area contributed by atoms with Crippen molar-refractivity contribution >= 4 is 38.9 Å². The highest BCUT2D eigenvalue weighted by Crippen LogP contribution is 2.24. The van der Waals surface area contributed by atoms with Crippen molar-refractivity contribution in [1.29, 1.82) is 0 Å². The molecule has 0 atom stereocenters. The first-order valence-electron chi connectivity index (χ1n) is 7.26. The smallest absolute Gasteiger partial charge is 0.250 e. The van der Waals surface area contributed by atoms with Crippen LogP contribution in [-0.4, -0.2) is 40.6 Å². The minimum absolute atomic E-state index is 0.223. The topological polar surface area (TPSA) is 82.6 Å². The number of nitrogens with one attached hydrogen (secondary N) is 3. The lowest BCUT2D eigenvalue weighted by atomic mass is 10.3. The Bertz CT molecular complexity index is 572. The molecule has 9 heteroatoms. The molecule has 6 nitrogen and oxygen atoms in total. The number of nitrogens with zero attached hydrogens (tertiary/aromatic N) is 1. The average molecular weight is 367 g/mol. The Labute approximate surface area is 141 Å². The summed E-state index contributed by atoms with van der Waals surface area (Å²) in [5, 5.41) is 6.22. The van der Waals surface area contributed by atoms with E-state index in [4.69, 9.17) is 11.6 Å². The number of sulfonamides is 1. The number of unbranched alkanes of at least 4 members (excludes halogenated alkanes) is 1. The maximum atomic E-state index is 12.0. The molecule has 0 spiro atoms. The molecule has 0 aliphatic carbocycles. The van der Waals surface area contributed by atoms with E-state index in [9.17, 15) is 8.42 Å². The van der Waals surface area contributed by atoms with E-state index in [0.717, 1.165) is 37.3 Å². The lowest BCUT2D eigenvalue weighted by Gasteiger charge is -2.11. The molecule has 1 aromatic heterocycles. The van der Waals surface area contributed by atoms with Crippen molar-refractivity contribution in [2.45, 2.75) is 30.9 Å². The van der Waals surface area contributed by atoms with Crippen LogP contribution in [0.5, 0.6) is 0 Å². The van der Waals surface area contributed by atoms with Crippen molar-refractivity contribution in [3.63, 3.8) is 0 Å². The van der Waals surface area contributed by atoms with Crippen molar-refractivity contribution < 1.29 is 8.42 Å². The summed E-state index contributed by atoms with van der Waals surface area (Å²) in [5.74, 6) is 0.703. The average Bonchev–Trinajstić information content (AvgIpc) is 2.91. The van der Waals surface area contributed by atoms with Crippen molar-refractivity contribution in [1.82, 2.24) is 15.4 Å². The van der Waals surface area contributed by atoms with E-state index >= 15 is 0 Å². The van der Waals surface area contributed by atoms with Crippen LogP contribution in [0.15, 0.2) is 21.3 Å². The van der Waals surface area contributed by atoms with Crippen molar-refractivity contribution in [2.75, 3.05) is 26.2 Å². The van der Waals surface area contributed by atoms with Gasteiger partial charge in [0.15, 0.2) is 5.96 Å². The summed E-state index contributed by atoms with van der Waals surface area (Å²) in [7, 11) is -3.49. The minimum Gasteiger partial charge on any atom is -0.357 e. The molecule has 1 heterocycles. The molecule has 0 aliphatic heterocycles. The Morgan fingerprint density at radius 3 is 2.64 bits per heavy atom. The zero-order valence-electron chi connectivity index (χ0n) is 12.9. The number of hydrogen-bond donors (Lipinski definition) is 3. The van der Waals surface area contributed by atoms with Gasteiger partial charge in [-0.15, -0.1) is 11.3 Å². The fourth-order valence-corrected chi connectivity index (χ4v) is 4.13. The van der Waals surface area contributed by atoms with Gasteiger partial charge in [-0.1, -0.05) is 24.9 Å². The van der Waals surface area contributed by atoms with Gasteiger partial charge < -0.3 is 10.6 Å². The second-order valence-corrected chi connectivity index (χ2v) is 8.21. The summed E-state index contributed by atoms with van der Waals surface area (Å²) >= 11 is 6.79. The number of rotatable bonds is 9. The Morgan fingerprint density at radius 2 is 2.05 bits per heavy atom. The predicted octanol–water partition coefficient (Wildman–Crippen LogP) is 2.04. The summed E-state index contributed by atoms with van der Waals surface area (Å²) in [6.45, 7) is 6.34. The maximum absolute atomic E-state index is 12.0. The summed E-state index contributed by atoms with van der Waals surface area (Å²) in [5.41, 5.74) is 0. The highest BCUT2D eigenvalue weighted by atomic mass is 35.5. The molecule has 126 valence electrons. The van der Waals surface area contributed by atoms with E-state index in [1.807, 2.05) is 6.92 Å². The first-order valence-corrected chi connectivity index (χ1v) is 9.94. The van der Waals surface area contributed by atoms with E-state index < -0.39 is 10.0 Å². The third-order valence-electron chi connectivity index (χ3n) is 2.65. The lowest BCUT2D eigenvalue weighted by Crippen LogP contribution is -2.41. The van der Waals surface area contributed by atoms with E-state index in [2.05, 4.69) is 27.3 Å². The molecule has 0 bridgehead atoms. The van der Waals surface area contributed by atoms with Gasteiger partial charge in [-0.3, -0.25) is 4.99 Å². The highest BCUT2D eigenvalue weighted by Gasteiger charge is 2.15. The fourth-order valence-electron chi connectivity index (χ4n) is 1.57. The van der Waals surface area contributed by atoms with E-state index in [-0.39, 0.29) is 10.8 Å². The molecule has 0 aliphatic rings. The minimum atomic E-state index is -3.49. The normalized spacial score (nSPS) is 12.4. The van der Waals surface area contributed by atoms with Gasteiger partial charge >= 0.3 is 0 Å². The SMILES string of the molecule is CCCCN=C(NCC)NCCNS(=O)(=O)c1ccc(Cl)s1. The van der Waals surface area contributed by atoms with Crippen LogP contribution in [-0.2, 0) is 10.0 Å². The van der Waals surface area contributed by atoms with Gasteiger partial charge in [0, 0.05) is 26.2 Å². The molecule has 0 saturated carbocycles. The molecule has 0 aromatic carbocycles. The van der Waals surface area contributed by atoms with Crippen LogP contribution in [0.25, 0.3) is 0 Å². The maximum Gasteiger partial charge on any atom is 0.250 e. The monoisotopic (exact) mass is 366 g/mol. The Kier molecular flexibility index (Phi) is 8.77. The molecule has 1 rings (SSSR count). The van der Waals surface area contributed by atoms with Gasteiger partial charge in [0.25, 0.3) is 0 Å². The van der Waals surface area contributed by atoms with Gasteiger partial charge in [-0.2, -0.15) is 0 Å². The first-order chi connectivity index (χ1) is 10.5. The van der Waals surface area contributed by atoms with Crippen LogP contribution in [0.1, 0.15) is 26.7 Å². The molecule has 0 amide bonds. The third-order valence-corrected chi connectivity index (χ3v) is 5.83. The summed E-state index contributed by atoms with van der Waals surface area (Å²) in [4.78, 5) is 4.40. The van der Waals surface area contributed by atoms with Gasteiger partial charge in [0.05, 0.1) is 4.34 Å². The molecule has 0 radical (unpaired) electrons. The molecule has 1 aromatic rings. The number of aliphatic imine (C=N–C) groups is 1. The predicted molar refractivity (Wildman–Crippen MR) is 93.4 cm³/mol. The molecular formula is C13H23ClN4O2S2. The third kappa shape index (κ3) is 6.95. The molecule has 3 N–H and O–H groups in total. The van der Waals surface area contributed by atoms with Gasteiger partial charge in [-0.05, 0) is 25.5 Å². The van der Waals surface area contributed by atoms with Crippen LogP contribution in [0.4, 0.5) is 0 Å². The Balaban J connectivity index is 2.40. The number of guanidine groups is 1. The fraction of sp³-hybridized carbons (Fsp3) is 0.615. The summed E-state index contributed by atoms with van der Waals surface area (Å²) in [6.07, 6.45) is 2.12. The van der Waals surface area contributed by atoms with E-state index in [1.54, 1.807) is 6.07 Å². The van der Waals surface area contributed by atoms with E-state index in [0.29, 0.717) is 16.8 Å². The highest BCUT2D eigenvalue weighted by molar-refractivity contribution is 7.91. The molecular weight excluding hydrogens is 344 g/mol. The second-order valence-electron chi connectivity index (χ2n) is 4.50. The van der Waals surface area contributed by atoms with Crippen LogP contribution in [0.2, 0.25) is 4.34 Å². The summed E-state index contributed by atoms with van der Waals surface area (Å²) in [6, 6.07) is 3.07. The van der Waals surface area contributed by atoms with Crippen molar-refractivity contribution in [3.8, 4) is 0 Å². The van der Waals surface area contributed by atoms with E-state index in [1.165, 1.54) is 6.07 Å². The Hall–Kier alpha value is -0.830. The van der Waals surface area contributed by atoms with Gasteiger partial charge in [-0.25, -0.2) is 13.1 Å². The van der Waals surface area contributed by atoms with Crippen LogP contribution < -0.4 is 15.4 Å². The molecule has 0 unspecified atom stereocenters. The molecule has 0 fully saturated rings. The zero-order valence-corrected chi connectivity index (χ0v) is 15.2. The quantitative estimate of drug-likeness (QED) is 0.355. The molecule has 0 saturated heterocycles. The zero-order chi connectivity index (χ0) is 16.4. The van der Waals surface area contributed by atoms with Crippen LogP contribution >= 0.6 is 22.9 Å². The van der Waals surface area contributed by atoms with Gasteiger partial charge in [0.1, 0.15) is 4.21 Å². The standard InChI is InChI=1S/C13H23ClN4O2S2/c1-3-5-8-16-13(15-4-2)17-9-10-18-22(19,20)12-7-6-11(14)21-12/h6-7,18H,3-5,8-10H2,1-2H3,(H2,15,16,17). The lowest BCUT2D eigenvalue weighted by molar-refractivity contribution is 0.582. The number of halogens is 1. The van der Waals surface area contributed by atoms with Crippen molar-refractivity contribution in [2.24, 2.45) is 4.99 Å². The molecule has 22 heavy (non-hydrogen) atoms. The van der Waals surface area contributed by atoms with Gasteiger partial charge in [0.2, 0.25) is 10.0 Å². The largest absolute Gasteiger partial charge is 0.357 e.